The molecule has 0 fully saturated rings. The third kappa shape index (κ3) is 6.18. The summed E-state index contributed by atoms with van der Waals surface area (Å²) in [6, 6.07) is 0. The van der Waals surface area contributed by atoms with E-state index in [2.05, 4.69) is 0 Å². The number of aliphatic hydroxyl groups is 2. The largest absolute Gasteiger partial charge is 0.433 e. The zero-order valence-electron chi connectivity index (χ0n) is 6.03. The second-order valence-corrected chi connectivity index (χ2v) is 4.25. The second kappa shape index (κ2) is 5.81. The van der Waals surface area contributed by atoms with Crippen LogP contribution in [-0.4, -0.2) is 49.6 Å². The molecule has 3 N–H and O–H groups in total. The first-order valence-electron chi connectivity index (χ1n) is 3.21. The Morgan fingerprint density at radius 2 is 2.20 bits per heavy atom. The maximum Gasteiger partial charge on any atom is 0.194 e. The summed E-state index contributed by atoms with van der Waals surface area (Å²) in [6.45, 7) is 1.54. The van der Waals surface area contributed by atoms with Crippen LogP contribution in [0, 0.1) is 0 Å². The highest BCUT2D eigenvalue weighted by Gasteiger charge is 2.03. The summed E-state index contributed by atoms with van der Waals surface area (Å²) in [5, 5.41) is 17.0. The maximum atomic E-state index is 8.81. The third-order valence-electron chi connectivity index (χ3n) is 0.880. The lowest BCUT2D eigenvalue weighted by Crippen LogP contribution is -2.24. The Morgan fingerprint density at radius 1 is 1.60 bits per heavy atom. The molecule has 2 unspecified atom stereocenters. The summed E-state index contributed by atoms with van der Waals surface area (Å²) < 4.78 is 4.85. The molecule has 2 atom stereocenters. The van der Waals surface area contributed by atoms with Crippen LogP contribution in [0.5, 0.6) is 0 Å². The molecule has 0 aliphatic rings. The van der Waals surface area contributed by atoms with Crippen molar-refractivity contribution in [2.24, 2.45) is 0 Å². The van der Waals surface area contributed by atoms with Crippen molar-refractivity contribution in [3.8, 4) is 0 Å². The Bertz CT molecular complexity index is 78.0. The SMILES string of the molecule is C[SiH](O)COCC(O)CO. The zero-order chi connectivity index (χ0) is 7.98. The molecule has 0 radical (unpaired) electrons. The number of rotatable bonds is 5. The van der Waals surface area contributed by atoms with E-state index < -0.39 is 15.1 Å². The first kappa shape index (κ1) is 10.1. The van der Waals surface area contributed by atoms with Crippen molar-refractivity contribution >= 4 is 9.04 Å². The minimum absolute atomic E-state index is 0.106. The molecule has 0 saturated carbocycles. The Morgan fingerprint density at radius 3 is 2.60 bits per heavy atom. The van der Waals surface area contributed by atoms with Crippen LogP contribution < -0.4 is 0 Å². The Kier molecular flexibility index (Phi) is 5.85. The van der Waals surface area contributed by atoms with Gasteiger partial charge in [-0.05, 0) is 6.55 Å². The van der Waals surface area contributed by atoms with E-state index in [1.54, 1.807) is 6.55 Å². The lowest BCUT2D eigenvalue weighted by atomic mass is 10.4. The van der Waals surface area contributed by atoms with Crippen LogP contribution in [0.15, 0.2) is 0 Å². The molecule has 0 aliphatic carbocycles. The molecule has 0 spiro atoms. The molecule has 0 amide bonds. The van der Waals surface area contributed by atoms with Gasteiger partial charge in [0, 0.05) is 0 Å². The monoisotopic (exact) mass is 166 g/mol. The van der Waals surface area contributed by atoms with Crippen molar-refractivity contribution in [1.82, 2.24) is 0 Å². The van der Waals surface area contributed by atoms with Crippen molar-refractivity contribution in [3.63, 3.8) is 0 Å². The summed E-state index contributed by atoms with van der Waals surface area (Å²) in [4.78, 5) is 8.81. The lowest BCUT2D eigenvalue weighted by molar-refractivity contribution is 0.0173. The van der Waals surface area contributed by atoms with Gasteiger partial charge in [-0.1, -0.05) is 0 Å². The fraction of sp³-hybridized carbons (Fsp3) is 1.00. The molecule has 0 aromatic heterocycles. The summed E-state index contributed by atoms with van der Waals surface area (Å²) in [6.07, 6.45) is -0.482. The maximum absolute atomic E-state index is 8.81. The van der Waals surface area contributed by atoms with E-state index in [0.29, 0.717) is 6.23 Å². The topological polar surface area (TPSA) is 69.9 Å². The van der Waals surface area contributed by atoms with Crippen LogP contribution in [0.3, 0.4) is 0 Å². The molecule has 4 nitrogen and oxygen atoms in total. The normalized spacial score (nSPS) is 16.8. The quantitative estimate of drug-likeness (QED) is 0.423. The highest BCUT2D eigenvalue weighted by molar-refractivity contribution is 6.48. The van der Waals surface area contributed by atoms with Crippen molar-refractivity contribution < 1.29 is 19.7 Å². The van der Waals surface area contributed by atoms with E-state index in [1.165, 1.54) is 0 Å². The average Bonchev–Trinajstić information content (AvgIpc) is 1.87. The van der Waals surface area contributed by atoms with Crippen LogP contribution in [0.4, 0.5) is 0 Å². The van der Waals surface area contributed by atoms with Crippen molar-refractivity contribution in [2.75, 3.05) is 19.4 Å². The smallest absolute Gasteiger partial charge is 0.194 e. The molecule has 0 rings (SSSR count). The Hall–Kier alpha value is 0.0569. The van der Waals surface area contributed by atoms with Crippen LogP contribution in [0.25, 0.3) is 0 Å². The molecule has 0 heterocycles. The highest BCUT2D eigenvalue weighted by atomic mass is 28.3. The van der Waals surface area contributed by atoms with E-state index >= 15 is 0 Å². The van der Waals surface area contributed by atoms with E-state index in [-0.39, 0.29) is 13.2 Å². The average molecular weight is 166 g/mol. The molecule has 0 aromatic rings. The number of aliphatic hydroxyl groups excluding tert-OH is 2. The summed E-state index contributed by atoms with van der Waals surface area (Å²) >= 11 is 0. The van der Waals surface area contributed by atoms with Crippen molar-refractivity contribution in [2.45, 2.75) is 12.7 Å². The van der Waals surface area contributed by atoms with Crippen LogP contribution >= 0.6 is 0 Å². The third-order valence-corrected chi connectivity index (χ3v) is 1.60. The standard InChI is InChI=1S/C5H14O4Si/c1-10(8)4-9-3-5(7)2-6/h5-8,10H,2-4H2,1H3. The Labute approximate surface area is 61.8 Å². The number of hydrogen-bond donors (Lipinski definition) is 3. The fourth-order valence-corrected chi connectivity index (χ4v) is 0.905. The van der Waals surface area contributed by atoms with Gasteiger partial charge in [-0.15, -0.1) is 0 Å². The fourth-order valence-electron chi connectivity index (χ4n) is 0.427. The van der Waals surface area contributed by atoms with Crippen LogP contribution in [0.2, 0.25) is 6.55 Å². The summed E-state index contributed by atoms with van der Waals surface area (Å²) in [5.41, 5.74) is 0. The lowest BCUT2D eigenvalue weighted by Gasteiger charge is -2.08. The van der Waals surface area contributed by atoms with Gasteiger partial charge in [0.15, 0.2) is 9.04 Å². The van der Waals surface area contributed by atoms with Gasteiger partial charge in [-0.25, -0.2) is 0 Å². The molecule has 0 aliphatic heterocycles. The van der Waals surface area contributed by atoms with E-state index in [0.717, 1.165) is 0 Å². The predicted octanol–water partition coefficient (Wildman–Crippen LogP) is -1.76. The van der Waals surface area contributed by atoms with E-state index in [1.807, 2.05) is 0 Å². The number of ether oxygens (including phenoxy) is 1. The molecule has 5 heteroatoms. The van der Waals surface area contributed by atoms with Crippen molar-refractivity contribution in [1.29, 1.82) is 0 Å². The van der Waals surface area contributed by atoms with Gasteiger partial charge in [-0.3, -0.25) is 0 Å². The second-order valence-electron chi connectivity index (χ2n) is 2.22. The molecule has 0 saturated heterocycles. The first-order valence-corrected chi connectivity index (χ1v) is 5.70. The number of hydrogen-bond acceptors (Lipinski definition) is 4. The van der Waals surface area contributed by atoms with E-state index in [9.17, 15) is 0 Å². The minimum atomic E-state index is -1.66. The molecular formula is C5H14O4Si. The van der Waals surface area contributed by atoms with Crippen molar-refractivity contribution in [3.05, 3.63) is 0 Å². The molecule has 0 bridgehead atoms. The molecule has 62 valence electrons. The molecule has 0 aromatic carbocycles. The van der Waals surface area contributed by atoms with Gasteiger partial charge < -0.3 is 19.7 Å². The van der Waals surface area contributed by atoms with Gasteiger partial charge in [0.25, 0.3) is 0 Å². The van der Waals surface area contributed by atoms with Gasteiger partial charge >= 0.3 is 0 Å². The summed E-state index contributed by atoms with van der Waals surface area (Å²) in [7, 11) is -1.66. The zero-order valence-corrected chi connectivity index (χ0v) is 7.18. The van der Waals surface area contributed by atoms with Gasteiger partial charge in [0.1, 0.15) is 6.10 Å². The first-order chi connectivity index (χ1) is 4.66. The van der Waals surface area contributed by atoms with Gasteiger partial charge in [0.05, 0.1) is 19.4 Å². The minimum Gasteiger partial charge on any atom is -0.433 e. The van der Waals surface area contributed by atoms with Gasteiger partial charge in [-0.2, -0.15) is 0 Å². The molecule has 10 heavy (non-hydrogen) atoms. The van der Waals surface area contributed by atoms with Crippen LogP contribution in [-0.2, 0) is 4.74 Å². The molecular weight excluding hydrogens is 152 g/mol. The highest BCUT2D eigenvalue weighted by Crippen LogP contribution is 1.84. The van der Waals surface area contributed by atoms with Gasteiger partial charge in [0.2, 0.25) is 0 Å². The van der Waals surface area contributed by atoms with E-state index in [4.69, 9.17) is 19.7 Å². The Balaban J connectivity index is 3.03. The van der Waals surface area contributed by atoms with Crippen LogP contribution in [0.1, 0.15) is 0 Å². The summed E-state index contributed by atoms with van der Waals surface area (Å²) in [5.74, 6) is 0. The predicted molar refractivity (Wildman–Crippen MR) is 39.1 cm³/mol.